The lowest BCUT2D eigenvalue weighted by Gasteiger charge is -2.17. The summed E-state index contributed by atoms with van der Waals surface area (Å²) < 4.78 is 0. The van der Waals surface area contributed by atoms with E-state index in [9.17, 15) is 5.11 Å². The maximum absolute atomic E-state index is 10.1. The fraction of sp³-hybridized carbons (Fsp3) is 0.467. The molecule has 0 fully saturated rings. The third-order valence-electron chi connectivity index (χ3n) is 3.49. The molecule has 0 aliphatic heterocycles. The number of rotatable bonds is 4. The van der Waals surface area contributed by atoms with Crippen LogP contribution in [0.1, 0.15) is 30.9 Å². The van der Waals surface area contributed by atoms with Crippen molar-refractivity contribution in [1.29, 1.82) is 0 Å². The molecule has 1 N–H and O–H groups in total. The topological polar surface area (TPSA) is 20.2 Å². The van der Waals surface area contributed by atoms with E-state index in [0.717, 1.165) is 31.3 Å². The van der Waals surface area contributed by atoms with Crippen molar-refractivity contribution in [3.63, 3.8) is 0 Å². The molecule has 0 saturated carbocycles. The first-order valence-corrected chi connectivity index (χ1v) is 6.06. The minimum Gasteiger partial charge on any atom is -0.393 e. The zero-order valence-corrected chi connectivity index (χ0v) is 9.95. The third-order valence-corrected chi connectivity index (χ3v) is 3.49. The highest BCUT2D eigenvalue weighted by Crippen LogP contribution is 2.30. The minimum atomic E-state index is -0.177. The molecule has 0 bridgehead atoms. The van der Waals surface area contributed by atoms with Crippen molar-refractivity contribution in [2.75, 3.05) is 0 Å². The molecule has 0 spiro atoms. The van der Waals surface area contributed by atoms with Crippen molar-refractivity contribution in [2.45, 2.75) is 38.7 Å². The first-order valence-electron chi connectivity index (χ1n) is 6.06. The van der Waals surface area contributed by atoms with Gasteiger partial charge in [0.25, 0.3) is 0 Å². The van der Waals surface area contributed by atoms with E-state index in [4.69, 9.17) is 0 Å². The van der Waals surface area contributed by atoms with Crippen molar-refractivity contribution in [2.24, 2.45) is 5.92 Å². The van der Waals surface area contributed by atoms with Crippen LogP contribution in [0.4, 0.5) is 0 Å². The maximum Gasteiger partial charge on any atom is 0.0577 e. The summed E-state index contributed by atoms with van der Waals surface area (Å²) in [4.78, 5) is 0. The van der Waals surface area contributed by atoms with Gasteiger partial charge in [0, 0.05) is 0 Å². The summed E-state index contributed by atoms with van der Waals surface area (Å²) in [6.07, 6.45) is 3.69. The average Bonchev–Trinajstić information content (AvgIpc) is 2.69. The maximum atomic E-state index is 10.1. The Labute approximate surface area is 97.8 Å². The fourth-order valence-corrected chi connectivity index (χ4v) is 2.49. The van der Waals surface area contributed by atoms with Crippen LogP contribution in [-0.2, 0) is 12.8 Å². The van der Waals surface area contributed by atoms with Crippen LogP contribution in [0.3, 0.4) is 0 Å². The Kier molecular flexibility index (Phi) is 3.45. The Morgan fingerprint density at radius 3 is 2.44 bits per heavy atom. The summed E-state index contributed by atoms with van der Waals surface area (Å²) in [5.74, 6) is 0.414. The smallest absolute Gasteiger partial charge is 0.0577 e. The molecular formula is C15H20O. The predicted molar refractivity (Wildman–Crippen MR) is 67.4 cm³/mol. The van der Waals surface area contributed by atoms with Crippen LogP contribution < -0.4 is 0 Å². The highest BCUT2D eigenvalue weighted by Gasteiger charge is 2.26. The zero-order valence-electron chi connectivity index (χ0n) is 9.95. The molecule has 2 rings (SSSR count). The molecule has 0 saturated heterocycles. The fourth-order valence-electron chi connectivity index (χ4n) is 2.49. The molecule has 0 radical (unpaired) electrons. The Bertz CT molecular complexity index is 356. The predicted octanol–water partition coefficient (Wildman–Crippen LogP) is 3.12. The van der Waals surface area contributed by atoms with Gasteiger partial charge >= 0.3 is 0 Å². The van der Waals surface area contributed by atoms with E-state index in [2.05, 4.69) is 30.8 Å². The highest BCUT2D eigenvalue weighted by atomic mass is 16.3. The number of fused-ring (bicyclic) bond motifs is 1. The van der Waals surface area contributed by atoms with Crippen LogP contribution in [0.25, 0.3) is 0 Å². The first kappa shape index (κ1) is 11.4. The zero-order chi connectivity index (χ0) is 11.5. The summed E-state index contributed by atoms with van der Waals surface area (Å²) in [5, 5.41) is 10.1. The number of hydrogen-bond acceptors (Lipinski definition) is 1. The number of hydrogen-bond donors (Lipinski definition) is 1. The Morgan fingerprint density at radius 1 is 1.38 bits per heavy atom. The van der Waals surface area contributed by atoms with Crippen LogP contribution in [0.2, 0.25) is 0 Å². The van der Waals surface area contributed by atoms with E-state index >= 15 is 0 Å². The van der Waals surface area contributed by atoms with E-state index in [0.29, 0.717) is 5.92 Å². The lowest BCUT2D eigenvalue weighted by molar-refractivity contribution is 0.104. The van der Waals surface area contributed by atoms with Crippen LogP contribution in [0.15, 0.2) is 36.4 Å². The van der Waals surface area contributed by atoms with E-state index < -0.39 is 0 Å². The van der Waals surface area contributed by atoms with Crippen molar-refractivity contribution in [3.8, 4) is 0 Å². The van der Waals surface area contributed by atoms with Gasteiger partial charge in [-0.15, -0.1) is 6.58 Å². The molecule has 16 heavy (non-hydrogen) atoms. The molecule has 0 heterocycles. The van der Waals surface area contributed by atoms with E-state index in [-0.39, 0.29) is 6.10 Å². The van der Waals surface area contributed by atoms with Gasteiger partial charge in [0.05, 0.1) is 6.10 Å². The SMILES string of the molecule is C=C(C)CCC(O)C1Cc2ccccc2C1. The normalized spacial score (nSPS) is 17.1. The van der Waals surface area contributed by atoms with E-state index in [1.54, 1.807) is 0 Å². The molecule has 0 amide bonds. The largest absolute Gasteiger partial charge is 0.393 e. The van der Waals surface area contributed by atoms with Crippen molar-refractivity contribution in [3.05, 3.63) is 47.5 Å². The van der Waals surface area contributed by atoms with E-state index in [1.807, 2.05) is 6.92 Å². The highest BCUT2D eigenvalue weighted by molar-refractivity contribution is 5.32. The second-order valence-electron chi connectivity index (χ2n) is 5.00. The molecule has 1 aromatic carbocycles. The van der Waals surface area contributed by atoms with Gasteiger partial charge in [0.2, 0.25) is 0 Å². The van der Waals surface area contributed by atoms with Crippen molar-refractivity contribution in [1.82, 2.24) is 0 Å². The van der Waals surface area contributed by atoms with Gasteiger partial charge in [0.1, 0.15) is 0 Å². The molecule has 1 heteroatoms. The lowest BCUT2D eigenvalue weighted by Crippen LogP contribution is -2.20. The van der Waals surface area contributed by atoms with Crippen molar-refractivity contribution < 1.29 is 5.11 Å². The molecule has 1 nitrogen and oxygen atoms in total. The summed E-state index contributed by atoms with van der Waals surface area (Å²) in [6.45, 7) is 5.91. The standard InChI is InChI=1S/C15H20O/c1-11(2)7-8-15(16)14-9-12-5-3-4-6-13(12)10-14/h3-6,14-16H,1,7-10H2,2H3. The molecule has 1 aliphatic carbocycles. The van der Waals surface area contributed by atoms with Crippen LogP contribution in [0, 0.1) is 5.92 Å². The number of aliphatic hydroxyl groups excluding tert-OH is 1. The quantitative estimate of drug-likeness (QED) is 0.767. The van der Waals surface area contributed by atoms with E-state index in [1.165, 1.54) is 11.1 Å². The number of allylic oxidation sites excluding steroid dienone is 1. The van der Waals surface area contributed by atoms with Gasteiger partial charge < -0.3 is 5.11 Å². The lowest BCUT2D eigenvalue weighted by atomic mass is 9.94. The third kappa shape index (κ3) is 2.53. The molecule has 1 aromatic rings. The van der Waals surface area contributed by atoms with Gasteiger partial charge in [-0.05, 0) is 49.7 Å². The molecule has 86 valence electrons. The number of aliphatic hydroxyl groups is 1. The minimum absolute atomic E-state index is 0.177. The first-order chi connectivity index (χ1) is 7.66. The van der Waals surface area contributed by atoms with Crippen LogP contribution in [-0.4, -0.2) is 11.2 Å². The van der Waals surface area contributed by atoms with Gasteiger partial charge in [0.15, 0.2) is 0 Å². The second-order valence-corrected chi connectivity index (χ2v) is 5.00. The summed E-state index contributed by atoms with van der Waals surface area (Å²) in [6, 6.07) is 8.53. The molecule has 1 aliphatic rings. The molecule has 1 unspecified atom stereocenters. The molecule has 0 aromatic heterocycles. The Morgan fingerprint density at radius 2 is 1.94 bits per heavy atom. The molecular weight excluding hydrogens is 196 g/mol. The molecule has 1 atom stereocenters. The Hall–Kier alpha value is -1.08. The van der Waals surface area contributed by atoms with Gasteiger partial charge in [-0.25, -0.2) is 0 Å². The monoisotopic (exact) mass is 216 g/mol. The van der Waals surface area contributed by atoms with Crippen LogP contribution >= 0.6 is 0 Å². The summed E-state index contributed by atoms with van der Waals surface area (Å²) in [7, 11) is 0. The second kappa shape index (κ2) is 4.84. The van der Waals surface area contributed by atoms with Gasteiger partial charge in [-0.1, -0.05) is 29.8 Å². The van der Waals surface area contributed by atoms with Crippen molar-refractivity contribution >= 4 is 0 Å². The summed E-state index contributed by atoms with van der Waals surface area (Å²) >= 11 is 0. The average molecular weight is 216 g/mol. The number of benzene rings is 1. The summed E-state index contributed by atoms with van der Waals surface area (Å²) in [5.41, 5.74) is 4.00. The Balaban J connectivity index is 1.93. The van der Waals surface area contributed by atoms with Gasteiger partial charge in [-0.2, -0.15) is 0 Å². The van der Waals surface area contributed by atoms with Crippen LogP contribution in [0.5, 0.6) is 0 Å². The van der Waals surface area contributed by atoms with Gasteiger partial charge in [-0.3, -0.25) is 0 Å².